The number of ether oxygens (including phenoxy) is 1. The molecule has 0 bridgehead atoms. The van der Waals surface area contributed by atoms with Crippen LogP contribution < -0.4 is 4.74 Å². The van der Waals surface area contributed by atoms with E-state index in [1.54, 1.807) is 13.8 Å². The fourth-order valence-corrected chi connectivity index (χ4v) is 2.96. The van der Waals surface area contributed by atoms with Crippen LogP contribution in [0.3, 0.4) is 0 Å². The molecule has 0 aliphatic rings. The highest BCUT2D eigenvalue weighted by atomic mass is 35.5. The summed E-state index contributed by atoms with van der Waals surface area (Å²) in [5.41, 5.74) is 2.62. The van der Waals surface area contributed by atoms with E-state index in [2.05, 4.69) is 4.98 Å². The first-order valence-corrected chi connectivity index (χ1v) is 9.22. The summed E-state index contributed by atoms with van der Waals surface area (Å²) in [4.78, 5) is 4.61. The van der Waals surface area contributed by atoms with Crippen molar-refractivity contribution in [1.82, 2.24) is 4.98 Å². The monoisotopic (exact) mass is 371 g/mol. The van der Waals surface area contributed by atoms with Crippen molar-refractivity contribution in [3.8, 4) is 5.75 Å². The number of halogens is 1. The topological polar surface area (TPSA) is 42.4 Å². The second-order valence-corrected chi connectivity index (χ2v) is 6.89. The maximum absolute atomic E-state index is 10.2. The molecule has 26 heavy (non-hydrogen) atoms. The first kappa shape index (κ1) is 20.2. The molecule has 0 saturated heterocycles. The van der Waals surface area contributed by atoms with Gasteiger partial charge in [0.2, 0.25) is 0 Å². The Bertz CT molecular complexity index is 885. The molecule has 0 saturated carbocycles. The number of aromatic nitrogens is 1. The van der Waals surface area contributed by atoms with Gasteiger partial charge < -0.3 is 9.84 Å². The van der Waals surface area contributed by atoms with Crippen LogP contribution in [-0.4, -0.2) is 10.1 Å². The molecule has 0 amide bonds. The lowest BCUT2D eigenvalue weighted by atomic mass is 9.95. The Hall–Kier alpha value is -2.10. The van der Waals surface area contributed by atoms with Crippen LogP contribution in [0, 0.1) is 6.92 Å². The Kier molecular flexibility index (Phi) is 6.63. The average molecular weight is 372 g/mol. The van der Waals surface area contributed by atoms with Gasteiger partial charge in [0.1, 0.15) is 12.4 Å². The summed E-state index contributed by atoms with van der Waals surface area (Å²) < 4.78 is 5.84. The van der Waals surface area contributed by atoms with Crippen LogP contribution in [0.15, 0.2) is 48.5 Å². The van der Waals surface area contributed by atoms with E-state index in [1.165, 1.54) is 0 Å². The van der Waals surface area contributed by atoms with E-state index in [0.717, 1.165) is 33.5 Å². The van der Waals surface area contributed by atoms with Crippen LogP contribution in [-0.2, 0) is 12.2 Å². The van der Waals surface area contributed by atoms with Gasteiger partial charge in [0.15, 0.2) is 0 Å². The molecule has 1 heterocycles. The molecule has 0 radical (unpaired) electrons. The van der Waals surface area contributed by atoms with Gasteiger partial charge in [0, 0.05) is 27.7 Å². The molecule has 3 nitrogen and oxygen atoms in total. The molecule has 3 rings (SSSR count). The van der Waals surface area contributed by atoms with Crippen molar-refractivity contribution < 1.29 is 9.84 Å². The van der Waals surface area contributed by atoms with E-state index in [4.69, 9.17) is 16.3 Å². The summed E-state index contributed by atoms with van der Waals surface area (Å²) in [6.07, 6.45) is 0. The number of hydrogen-bond acceptors (Lipinski definition) is 3. The largest absolute Gasteiger partial charge is 0.489 e. The number of fused-ring (bicyclic) bond motifs is 1. The second kappa shape index (κ2) is 8.52. The lowest BCUT2D eigenvalue weighted by Gasteiger charge is -2.20. The first-order valence-electron chi connectivity index (χ1n) is 8.84. The Morgan fingerprint density at radius 2 is 1.81 bits per heavy atom. The summed E-state index contributed by atoms with van der Waals surface area (Å²) in [5, 5.41) is 11.9. The third kappa shape index (κ3) is 4.96. The van der Waals surface area contributed by atoms with Crippen molar-refractivity contribution in [1.29, 1.82) is 0 Å². The minimum absolute atomic E-state index is 0.451. The molecular weight excluding hydrogens is 346 g/mol. The van der Waals surface area contributed by atoms with Gasteiger partial charge in [-0.25, -0.2) is 0 Å². The fraction of sp³-hybridized carbons (Fsp3) is 0.318. The third-order valence-corrected chi connectivity index (χ3v) is 4.17. The second-order valence-electron chi connectivity index (χ2n) is 6.45. The van der Waals surface area contributed by atoms with Crippen molar-refractivity contribution in [3.05, 3.63) is 70.4 Å². The summed E-state index contributed by atoms with van der Waals surface area (Å²) >= 11 is 5.99. The van der Waals surface area contributed by atoms with Gasteiger partial charge in [-0.3, -0.25) is 4.98 Å². The van der Waals surface area contributed by atoms with E-state index >= 15 is 0 Å². The number of hydrogen-bond donors (Lipinski definition) is 1. The normalized spacial score (nSPS) is 11.0. The van der Waals surface area contributed by atoms with Gasteiger partial charge in [0.05, 0.1) is 11.1 Å². The molecule has 0 fully saturated rings. The first-order chi connectivity index (χ1) is 12.3. The molecule has 3 aromatic rings. The van der Waals surface area contributed by atoms with Crippen LogP contribution >= 0.6 is 11.6 Å². The van der Waals surface area contributed by atoms with Crippen molar-refractivity contribution in [2.45, 2.75) is 46.8 Å². The van der Waals surface area contributed by atoms with Crippen LogP contribution in [0.2, 0.25) is 5.02 Å². The highest BCUT2D eigenvalue weighted by Crippen LogP contribution is 2.28. The van der Waals surface area contributed by atoms with Crippen molar-refractivity contribution in [3.63, 3.8) is 0 Å². The Morgan fingerprint density at radius 3 is 2.46 bits per heavy atom. The van der Waals surface area contributed by atoms with Gasteiger partial charge in [-0.15, -0.1) is 0 Å². The lowest BCUT2D eigenvalue weighted by molar-refractivity contribution is 0.0777. The van der Waals surface area contributed by atoms with Crippen molar-refractivity contribution >= 4 is 22.5 Å². The Labute approximate surface area is 160 Å². The fourth-order valence-electron chi connectivity index (χ4n) is 2.75. The molecule has 0 aliphatic carbocycles. The number of rotatable bonds is 4. The number of nitrogens with zero attached hydrogens (tertiary/aromatic N) is 1. The van der Waals surface area contributed by atoms with Gasteiger partial charge in [-0.1, -0.05) is 37.6 Å². The van der Waals surface area contributed by atoms with Gasteiger partial charge >= 0.3 is 0 Å². The number of pyridine rings is 1. The van der Waals surface area contributed by atoms with Gasteiger partial charge in [-0.05, 0) is 56.7 Å². The lowest BCUT2D eigenvalue weighted by Crippen LogP contribution is -2.17. The zero-order valence-electron chi connectivity index (χ0n) is 16.0. The van der Waals surface area contributed by atoms with E-state index in [9.17, 15) is 5.11 Å². The number of aliphatic hydroxyl groups is 1. The van der Waals surface area contributed by atoms with Crippen molar-refractivity contribution in [2.75, 3.05) is 0 Å². The predicted octanol–water partition coefficient (Wildman–Crippen LogP) is 6.03. The van der Waals surface area contributed by atoms with Crippen LogP contribution in [0.4, 0.5) is 0 Å². The summed E-state index contributed by atoms with van der Waals surface area (Å²) in [6.45, 7) is 9.90. The van der Waals surface area contributed by atoms with E-state index in [-0.39, 0.29) is 0 Å². The minimum Gasteiger partial charge on any atom is -0.489 e. The van der Waals surface area contributed by atoms with Gasteiger partial charge in [-0.2, -0.15) is 0 Å². The van der Waals surface area contributed by atoms with Gasteiger partial charge in [0.25, 0.3) is 0 Å². The molecular formula is C22H26ClNO2. The van der Waals surface area contributed by atoms with Crippen LogP contribution in [0.25, 0.3) is 10.9 Å². The molecule has 4 heteroatoms. The smallest absolute Gasteiger partial charge is 0.122 e. The number of aryl methyl sites for hydroxylation is 1. The summed E-state index contributed by atoms with van der Waals surface area (Å²) in [7, 11) is 0. The molecule has 0 aliphatic heterocycles. The molecule has 1 aromatic heterocycles. The van der Waals surface area contributed by atoms with Crippen LogP contribution in [0.1, 0.15) is 44.5 Å². The molecule has 138 valence electrons. The maximum Gasteiger partial charge on any atom is 0.122 e. The quantitative estimate of drug-likeness (QED) is 0.608. The van der Waals surface area contributed by atoms with E-state index < -0.39 is 5.60 Å². The summed E-state index contributed by atoms with van der Waals surface area (Å²) in [6, 6.07) is 15.4. The molecule has 0 spiro atoms. The molecule has 0 atom stereocenters. The average Bonchev–Trinajstić information content (AvgIpc) is 2.60. The minimum atomic E-state index is -0.910. The zero-order valence-corrected chi connectivity index (χ0v) is 16.8. The molecule has 2 aromatic carbocycles. The highest BCUT2D eigenvalue weighted by Gasteiger charge is 2.20. The standard InChI is InChI=1S/C20H20ClNO2.C2H6/c1-13-18(20(2,3)23)10-15-7-8-17(11-19(15)22-13)24-12-14-5-4-6-16(21)9-14;1-2/h4-11,23H,12H2,1-3H3;1-2H3. The van der Waals surface area contributed by atoms with E-state index in [1.807, 2.05) is 69.3 Å². The molecule has 0 unspecified atom stereocenters. The van der Waals surface area contributed by atoms with Crippen LogP contribution in [0.5, 0.6) is 5.75 Å². The Balaban J connectivity index is 0.00000117. The molecule has 1 N–H and O–H groups in total. The predicted molar refractivity (Wildman–Crippen MR) is 109 cm³/mol. The maximum atomic E-state index is 10.2. The van der Waals surface area contributed by atoms with E-state index in [0.29, 0.717) is 11.6 Å². The zero-order chi connectivity index (χ0) is 19.3. The Morgan fingerprint density at radius 1 is 1.08 bits per heavy atom. The number of benzene rings is 2. The summed E-state index contributed by atoms with van der Waals surface area (Å²) in [5.74, 6) is 0.755. The SMILES string of the molecule is CC.Cc1nc2cc(OCc3cccc(Cl)c3)ccc2cc1C(C)(C)O. The highest BCUT2D eigenvalue weighted by molar-refractivity contribution is 6.30. The van der Waals surface area contributed by atoms with Crippen molar-refractivity contribution in [2.24, 2.45) is 0 Å². The third-order valence-electron chi connectivity index (χ3n) is 3.93.